The van der Waals surface area contributed by atoms with Crippen LogP contribution in [0.1, 0.15) is 67.1 Å². The van der Waals surface area contributed by atoms with Gasteiger partial charge in [-0.05, 0) is 86.3 Å². The highest BCUT2D eigenvalue weighted by atomic mass is 19.1. The minimum absolute atomic E-state index is 0.120. The molecule has 1 atom stereocenters. The Balaban J connectivity index is 1.50. The van der Waals surface area contributed by atoms with Crippen LogP contribution in [0.25, 0.3) is 10.4 Å². The molecule has 44 heavy (non-hydrogen) atoms. The van der Waals surface area contributed by atoms with Crippen LogP contribution in [0.15, 0.2) is 35.4 Å². The SMILES string of the molecule is COc1ccc([C@H](CC(=O)O)N(CCCCCc2ccc3c(n2)CCCC3)CCOCCOCCOCCN=[N+]=[N-])cc1F. The van der Waals surface area contributed by atoms with E-state index >= 15 is 0 Å². The van der Waals surface area contributed by atoms with Gasteiger partial charge >= 0.3 is 5.97 Å². The first-order valence-corrected chi connectivity index (χ1v) is 15.5. The van der Waals surface area contributed by atoms with E-state index < -0.39 is 17.8 Å². The van der Waals surface area contributed by atoms with Crippen molar-refractivity contribution in [1.29, 1.82) is 0 Å². The molecule has 0 fully saturated rings. The number of methoxy groups -OCH3 is 1. The average Bonchev–Trinajstić information content (AvgIpc) is 3.03. The molecular weight excluding hydrogens is 569 g/mol. The summed E-state index contributed by atoms with van der Waals surface area (Å²) >= 11 is 0. The number of nitrogens with zero attached hydrogens (tertiary/aromatic N) is 5. The quantitative estimate of drug-likeness (QED) is 0.0727. The number of pyridine rings is 1. The molecule has 242 valence electrons. The molecule has 0 saturated carbocycles. The molecule has 0 aliphatic heterocycles. The molecule has 0 saturated heterocycles. The first-order chi connectivity index (χ1) is 21.5. The number of fused-ring (bicyclic) bond motifs is 1. The van der Waals surface area contributed by atoms with Crippen LogP contribution >= 0.6 is 0 Å². The topological polar surface area (TPSA) is 139 Å². The van der Waals surface area contributed by atoms with Crippen molar-refractivity contribution in [3.8, 4) is 5.75 Å². The van der Waals surface area contributed by atoms with E-state index in [1.165, 1.54) is 43.3 Å². The molecular formula is C32H46FN5O6. The number of hydrogen-bond acceptors (Lipinski definition) is 8. The lowest BCUT2D eigenvalue weighted by atomic mass is 9.95. The molecule has 0 radical (unpaired) electrons. The molecule has 1 N–H and O–H groups in total. The van der Waals surface area contributed by atoms with Crippen molar-refractivity contribution in [3.05, 3.63) is 69.1 Å². The maximum Gasteiger partial charge on any atom is 0.305 e. The van der Waals surface area contributed by atoms with Crippen LogP contribution in [0.5, 0.6) is 5.75 Å². The summed E-state index contributed by atoms with van der Waals surface area (Å²) < 4.78 is 36.3. The molecule has 1 aliphatic rings. The molecule has 1 aliphatic carbocycles. The highest BCUT2D eigenvalue weighted by Gasteiger charge is 2.24. The second kappa shape index (κ2) is 20.6. The molecule has 0 unspecified atom stereocenters. The average molecular weight is 616 g/mol. The largest absolute Gasteiger partial charge is 0.494 e. The van der Waals surface area contributed by atoms with Crippen LogP contribution in [0.2, 0.25) is 0 Å². The van der Waals surface area contributed by atoms with Gasteiger partial charge in [-0.3, -0.25) is 14.7 Å². The summed E-state index contributed by atoms with van der Waals surface area (Å²) in [7, 11) is 1.40. The third-order valence-corrected chi connectivity index (χ3v) is 7.65. The van der Waals surface area contributed by atoms with Crippen LogP contribution in [0.3, 0.4) is 0 Å². The molecule has 12 heteroatoms. The highest BCUT2D eigenvalue weighted by molar-refractivity contribution is 5.68. The minimum Gasteiger partial charge on any atom is -0.494 e. The van der Waals surface area contributed by atoms with Gasteiger partial charge in [-0.2, -0.15) is 0 Å². The summed E-state index contributed by atoms with van der Waals surface area (Å²) in [6.45, 7) is 3.70. The summed E-state index contributed by atoms with van der Waals surface area (Å²) in [5.74, 6) is -1.35. The van der Waals surface area contributed by atoms with Crippen LogP contribution in [-0.4, -0.2) is 87.3 Å². The van der Waals surface area contributed by atoms with Crippen molar-refractivity contribution < 1.29 is 33.2 Å². The third kappa shape index (κ3) is 12.8. The van der Waals surface area contributed by atoms with Crippen molar-refractivity contribution in [3.63, 3.8) is 0 Å². The fourth-order valence-corrected chi connectivity index (χ4v) is 5.37. The smallest absolute Gasteiger partial charge is 0.305 e. The Morgan fingerprint density at radius 1 is 1.02 bits per heavy atom. The first kappa shape index (κ1) is 35.2. The van der Waals surface area contributed by atoms with Gasteiger partial charge in [-0.25, -0.2) is 4.39 Å². The Morgan fingerprint density at radius 2 is 1.77 bits per heavy atom. The van der Waals surface area contributed by atoms with Crippen LogP contribution < -0.4 is 4.74 Å². The summed E-state index contributed by atoms with van der Waals surface area (Å²) in [4.78, 5) is 21.5. The predicted molar refractivity (Wildman–Crippen MR) is 164 cm³/mol. The Bertz CT molecular complexity index is 1200. The van der Waals surface area contributed by atoms with Gasteiger partial charge in [0.2, 0.25) is 0 Å². The Hall–Kier alpha value is -3.28. The number of carboxylic acid groups (broad SMARTS) is 1. The normalized spacial score (nSPS) is 13.3. The number of aromatic nitrogens is 1. The summed E-state index contributed by atoms with van der Waals surface area (Å²) in [6, 6.07) is 8.50. The monoisotopic (exact) mass is 615 g/mol. The zero-order valence-corrected chi connectivity index (χ0v) is 25.8. The Kier molecular flexibility index (Phi) is 16.5. The van der Waals surface area contributed by atoms with E-state index in [0.29, 0.717) is 58.3 Å². The number of carboxylic acids is 1. The van der Waals surface area contributed by atoms with Crippen LogP contribution in [0, 0.1) is 5.82 Å². The van der Waals surface area contributed by atoms with Crippen molar-refractivity contribution >= 4 is 5.97 Å². The first-order valence-electron chi connectivity index (χ1n) is 15.5. The third-order valence-electron chi connectivity index (χ3n) is 7.65. The van der Waals surface area contributed by atoms with Gasteiger partial charge in [0.15, 0.2) is 11.6 Å². The van der Waals surface area contributed by atoms with Gasteiger partial charge in [0.25, 0.3) is 0 Å². The maximum atomic E-state index is 14.6. The summed E-state index contributed by atoms with van der Waals surface area (Å²) in [5, 5.41) is 13.1. The van der Waals surface area contributed by atoms with Crippen molar-refractivity contribution in [2.75, 3.05) is 66.4 Å². The summed E-state index contributed by atoms with van der Waals surface area (Å²) in [5.41, 5.74) is 12.6. The van der Waals surface area contributed by atoms with Crippen LogP contribution in [0.4, 0.5) is 4.39 Å². The number of halogens is 1. The lowest BCUT2D eigenvalue weighted by molar-refractivity contribution is -0.138. The fourth-order valence-electron chi connectivity index (χ4n) is 5.37. The van der Waals surface area contributed by atoms with E-state index in [4.69, 9.17) is 29.5 Å². The van der Waals surface area contributed by atoms with E-state index in [9.17, 15) is 14.3 Å². The maximum absolute atomic E-state index is 14.6. The molecule has 1 aromatic heterocycles. The van der Waals surface area contributed by atoms with E-state index in [1.54, 1.807) is 6.07 Å². The van der Waals surface area contributed by atoms with Gasteiger partial charge in [0, 0.05) is 35.4 Å². The number of ether oxygens (including phenoxy) is 4. The van der Waals surface area contributed by atoms with E-state index in [-0.39, 0.29) is 18.7 Å². The molecule has 3 rings (SSSR count). The molecule has 1 heterocycles. The molecule has 0 spiro atoms. The highest BCUT2D eigenvalue weighted by Crippen LogP contribution is 2.29. The number of hydrogen-bond donors (Lipinski definition) is 1. The molecule has 0 bridgehead atoms. The number of rotatable bonds is 23. The summed E-state index contributed by atoms with van der Waals surface area (Å²) in [6.07, 6.45) is 8.22. The molecule has 1 aromatic carbocycles. The second-order valence-corrected chi connectivity index (χ2v) is 10.8. The lowest BCUT2D eigenvalue weighted by Gasteiger charge is -2.31. The standard InChI is InChI=1S/C32H46FN5O6/c1-41-31-13-11-26(23-28(31)33)30(24-32(39)40)38(16-18-43-20-22-44-21-19-42-17-14-35-37-34)15-6-2-3-8-27-12-10-25-7-4-5-9-29(25)36-27/h10-13,23,30H,2-9,14-22,24H2,1H3,(H,39,40)/t30-/m0/s1. The minimum atomic E-state index is -0.953. The Labute approximate surface area is 259 Å². The zero-order chi connectivity index (χ0) is 31.4. The van der Waals surface area contributed by atoms with Crippen molar-refractivity contribution in [2.24, 2.45) is 5.11 Å². The number of aryl methyl sites for hydroxylation is 3. The van der Waals surface area contributed by atoms with E-state index in [0.717, 1.165) is 44.2 Å². The molecule has 11 nitrogen and oxygen atoms in total. The Morgan fingerprint density at radius 3 is 2.50 bits per heavy atom. The van der Waals surface area contributed by atoms with Crippen LogP contribution in [-0.2, 0) is 38.3 Å². The van der Waals surface area contributed by atoms with Crippen molar-refractivity contribution in [1.82, 2.24) is 9.88 Å². The van der Waals surface area contributed by atoms with Gasteiger partial charge in [0.05, 0.1) is 53.2 Å². The molecule has 0 amide bonds. The number of azide groups is 1. The van der Waals surface area contributed by atoms with Gasteiger partial charge in [-0.1, -0.05) is 23.7 Å². The van der Waals surface area contributed by atoms with E-state index in [1.807, 2.05) is 0 Å². The van der Waals surface area contributed by atoms with Crippen molar-refractivity contribution in [2.45, 2.75) is 63.8 Å². The number of aliphatic carboxylic acids is 1. The van der Waals surface area contributed by atoms with Gasteiger partial charge < -0.3 is 24.1 Å². The zero-order valence-electron chi connectivity index (χ0n) is 25.8. The number of carbonyl (C=O) groups is 1. The molecule has 2 aromatic rings. The lowest BCUT2D eigenvalue weighted by Crippen LogP contribution is -2.34. The predicted octanol–water partition coefficient (Wildman–Crippen LogP) is 5.70. The van der Waals surface area contributed by atoms with E-state index in [2.05, 4.69) is 27.1 Å². The number of benzene rings is 1. The van der Waals surface area contributed by atoms with Gasteiger partial charge in [-0.15, -0.1) is 0 Å². The van der Waals surface area contributed by atoms with Gasteiger partial charge in [0.1, 0.15) is 0 Å². The second-order valence-electron chi connectivity index (χ2n) is 10.8. The fraction of sp³-hybridized carbons (Fsp3) is 0.625. The number of unbranched alkanes of at least 4 members (excludes halogenated alkanes) is 2.